The largest absolute Gasteiger partial charge is 0.331 e. The Balaban J connectivity index is 4.78. The van der Waals surface area contributed by atoms with Crippen molar-refractivity contribution in [3.05, 3.63) is 0 Å². The van der Waals surface area contributed by atoms with Gasteiger partial charge in [0.1, 0.15) is 0 Å². The van der Waals surface area contributed by atoms with Gasteiger partial charge in [-0.3, -0.25) is 9.13 Å². The molecule has 0 aromatic heterocycles. The smallest absolute Gasteiger partial charge is 0.324 e. The Bertz CT molecular complexity index is 337. The van der Waals surface area contributed by atoms with Crippen molar-refractivity contribution in [2.75, 3.05) is 25.5 Å². The molecule has 0 saturated carbocycles. The molecule has 0 fully saturated rings. The molecule has 0 aromatic carbocycles. The van der Waals surface area contributed by atoms with E-state index >= 15 is 0 Å². The van der Waals surface area contributed by atoms with Crippen molar-refractivity contribution in [3.8, 4) is 0 Å². The SMILES string of the molecule is CCCOP(=O)(CC(C)(C)CP(=O)(O)O)OCCC. The molecule has 0 rings (SSSR count). The van der Waals surface area contributed by atoms with Crippen LogP contribution in [-0.4, -0.2) is 35.3 Å². The van der Waals surface area contributed by atoms with Crippen molar-refractivity contribution in [1.29, 1.82) is 0 Å². The van der Waals surface area contributed by atoms with Crippen molar-refractivity contribution >= 4 is 15.2 Å². The van der Waals surface area contributed by atoms with E-state index in [0.717, 1.165) is 0 Å². The molecule has 0 amide bonds. The third kappa shape index (κ3) is 9.78. The number of rotatable bonds is 10. The summed E-state index contributed by atoms with van der Waals surface area (Å²) in [4.78, 5) is 18.1. The lowest BCUT2D eigenvalue weighted by atomic mass is 10.0. The van der Waals surface area contributed by atoms with Gasteiger partial charge in [-0.05, 0) is 18.3 Å². The van der Waals surface area contributed by atoms with Gasteiger partial charge in [0.15, 0.2) is 0 Å². The first-order valence-electron chi connectivity index (χ1n) is 6.46. The van der Waals surface area contributed by atoms with Gasteiger partial charge in [0.2, 0.25) is 0 Å². The molecule has 0 atom stereocenters. The summed E-state index contributed by atoms with van der Waals surface area (Å²) >= 11 is 0. The predicted octanol–water partition coefficient (Wildman–Crippen LogP) is 3.24. The molecular weight excluding hydrogens is 290 g/mol. The van der Waals surface area contributed by atoms with Crippen LogP contribution in [-0.2, 0) is 18.2 Å². The topological polar surface area (TPSA) is 93.1 Å². The van der Waals surface area contributed by atoms with Crippen molar-refractivity contribution in [3.63, 3.8) is 0 Å². The van der Waals surface area contributed by atoms with E-state index in [9.17, 15) is 9.13 Å². The summed E-state index contributed by atoms with van der Waals surface area (Å²) in [5.74, 6) is 0. The van der Waals surface area contributed by atoms with Crippen LogP contribution in [0.3, 0.4) is 0 Å². The van der Waals surface area contributed by atoms with Crippen LogP contribution in [0.5, 0.6) is 0 Å². The van der Waals surface area contributed by atoms with E-state index in [2.05, 4.69) is 0 Å². The molecule has 0 bridgehead atoms. The van der Waals surface area contributed by atoms with E-state index in [1.807, 2.05) is 13.8 Å². The van der Waals surface area contributed by atoms with E-state index in [0.29, 0.717) is 26.1 Å². The molecule has 0 heterocycles. The molecule has 19 heavy (non-hydrogen) atoms. The van der Waals surface area contributed by atoms with Crippen LogP contribution in [0, 0.1) is 5.41 Å². The molecule has 0 spiro atoms. The molecular formula is C11H26O6P2. The van der Waals surface area contributed by atoms with Crippen molar-refractivity contribution < 1.29 is 28.0 Å². The zero-order chi connectivity index (χ0) is 15.2. The lowest BCUT2D eigenvalue weighted by Gasteiger charge is -2.29. The summed E-state index contributed by atoms with van der Waals surface area (Å²) in [6, 6.07) is 0. The first-order valence-corrected chi connectivity index (χ1v) is 9.99. The maximum Gasteiger partial charge on any atom is 0.331 e. The fourth-order valence-corrected chi connectivity index (χ4v) is 5.46. The molecule has 116 valence electrons. The van der Waals surface area contributed by atoms with Gasteiger partial charge in [0, 0.05) is 0 Å². The van der Waals surface area contributed by atoms with Gasteiger partial charge in [-0.2, -0.15) is 0 Å². The van der Waals surface area contributed by atoms with Crippen LogP contribution in [0.25, 0.3) is 0 Å². The highest BCUT2D eigenvalue weighted by molar-refractivity contribution is 7.54. The van der Waals surface area contributed by atoms with E-state index in [1.54, 1.807) is 13.8 Å². The Morgan fingerprint density at radius 2 is 1.37 bits per heavy atom. The third-order valence-electron chi connectivity index (χ3n) is 2.24. The second-order valence-electron chi connectivity index (χ2n) is 5.42. The Kier molecular flexibility index (Phi) is 8.04. The molecule has 0 aliphatic rings. The Morgan fingerprint density at radius 1 is 0.947 bits per heavy atom. The third-order valence-corrected chi connectivity index (χ3v) is 5.90. The maximum atomic E-state index is 12.5. The molecule has 0 aromatic rings. The quantitative estimate of drug-likeness (QED) is 0.601. The first-order chi connectivity index (χ1) is 8.54. The van der Waals surface area contributed by atoms with Crippen LogP contribution in [0.2, 0.25) is 0 Å². The standard InChI is InChI=1S/C11H26O6P2/c1-5-7-16-19(15,17-8-6-2)10-11(3,4)9-18(12,13)14/h5-10H2,1-4H3,(H2,12,13,14). The Labute approximate surface area is 115 Å². The number of hydrogen-bond donors (Lipinski definition) is 2. The van der Waals surface area contributed by atoms with Gasteiger partial charge in [-0.25, -0.2) is 0 Å². The van der Waals surface area contributed by atoms with E-state index in [1.165, 1.54) is 0 Å². The van der Waals surface area contributed by atoms with Crippen LogP contribution in [0.1, 0.15) is 40.5 Å². The molecule has 0 unspecified atom stereocenters. The Hall–Kier alpha value is 0.300. The lowest BCUT2D eigenvalue weighted by molar-refractivity contribution is 0.196. The van der Waals surface area contributed by atoms with E-state index in [4.69, 9.17) is 18.8 Å². The highest BCUT2D eigenvalue weighted by Crippen LogP contribution is 2.55. The van der Waals surface area contributed by atoms with E-state index < -0.39 is 20.6 Å². The molecule has 0 aliphatic carbocycles. The highest BCUT2D eigenvalue weighted by atomic mass is 31.2. The van der Waals surface area contributed by atoms with Gasteiger partial charge in [-0.1, -0.05) is 27.7 Å². The average Bonchev–Trinajstić information content (AvgIpc) is 2.19. The minimum absolute atomic E-state index is 0.00507. The normalized spacial score (nSPS) is 13.8. The zero-order valence-corrected chi connectivity index (χ0v) is 14.0. The minimum Gasteiger partial charge on any atom is -0.324 e. The fraction of sp³-hybridized carbons (Fsp3) is 1.00. The monoisotopic (exact) mass is 316 g/mol. The zero-order valence-electron chi connectivity index (χ0n) is 12.2. The van der Waals surface area contributed by atoms with Crippen molar-refractivity contribution in [2.45, 2.75) is 40.5 Å². The molecule has 0 radical (unpaired) electrons. The number of hydrogen-bond acceptors (Lipinski definition) is 4. The summed E-state index contributed by atoms with van der Waals surface area (Å²) in [6.07, 6.45) is 1.08. The first kappa shape index (κ1) is 19.3. The fourth-order valence-electron chi connectivity index (χ4n) is 1.72. The molecule has 8 heteroatoms. The van der Waals surface area contributed by atoms with Gasteiger partial charge in [0.25, 0.3) is 0 Å². The minimum atomic E-state index is -4.16. The van der Waals surface area contributed by atoms with Crippen molar-refractivity contribution in [1.82, 2.24) is 0 Å². The van der Waals surface area contributed by atoms with Crippen molar-refractivity contribution in [2.24, 2.45) is 5.41 Å². The molecule has 2 N–H and O–H groups in total. The highest BCUT2D eigenvalue weighted by Gasteiger charge is 2.37. The summed E-state index contributed by atoms with van der Waals surface area (Å²) in [5.41, 5.74) is -0.809. The Morgan fingerprint density at radius 3 is 1.68 bits per heavy atom. The second-order valence-corrected chi connectivity index (χ2v) is 9.12. The van der Waals surface area contributed by atoms with Crippen LogP contribution < -0.4 is 0 Å². The predicted molar refractivity (Wildman–Crippen MR) is 75.7 cm³/mol. The average molecular weight is 316 g/mol. The van der Waals surface area contributed by atoms with Gasteiger partial charge < -0.3 is 18.8 Å². The molecule has 0 aliphatic heterocycles. The van der Waals surface area contributed by atoms with Gasteiger partial charge in [0.05, 0.1) is 25.5 Å². The second kappa shape index (κ2) is 7.92. The molecule has 0 saturated heterocycles. The molecule has 6 nitrogen and oxygen atoms in total. The summed E-state index contributed by atoms with van der Waals surface area (Å²) < 4.78 is 34.2. The summed E-state index contributed by atoms with van der Waals surface area (Å²) in [7, 11) is -7.46. The van der Waals surface area contributed by atoms with Gasteiger partial charge in [-0.15, -0.1) is 0 Å². The van der Waals surface area contributed by atoms with E-state index in [-0.39, 0.29) is 12.3 Å². The van der Waals surface area contributed by atoms with Gasteiger partial charge >= 0.3 is 15.2 Å². The maximum absolute atomic E-state index is 12.5. The van der Waals surface area contributed by atoms with Crippen LogP contribution in [0.15, 0.2) is 0 Å². The van der Waals surface area contributed by atoms with Crippen LogP contribution >= 0.6 is 15.2 Å². The lowest BCUT2D eigenvalue weighted by Crippen LogP contribution is -2.23. The summed E-state index contributed by atoms with van der Waals surface area (Å²) in [6.45, 7) is 7.72. The van der Waals surface area contributed by atoms with Crippen LogP contribution in [0.4, 0.5) is 0 Å². The summed E-state index contributed by atoms with van der Waals surface area (Å²) in [5, 5.41) is 0.